The van der Waals surface area contributed by atoms with Gasteiger partial charge in [0.2, 0.25) is 5.13 Å². The zero-order valence-electron chi connectivity index (χ0n) is 16.3. The zero-order valence-corrected chi connectivity index (χ0v) is 17.9. The number of hydrogen-bond acceptors (Lipinski definition) is 7. The topological polar surface area (TPSA) is 85.1 Å². The molecular formula is C22H16FN3O3S2. The molecule has 0 saturated heterocycles. The number of ketones is 1. The fourth-order valence-corrected chi connectivity index (χ4v) is 4.39. The van der Waals surface area contributed by atoms with E-state index < -0.39 is 5.91 Å². The molecule has 0 bridgehead atoms. The summed E-state index contributed by atoms with van der Waals surface area (Å²) < 4.78 is 19.3. The number of benzene rings is 2. The number of hydrogen-bond donors (Lipinski definition) is 1. The van der Waals surface area contributed by atoms with Crippen LogP contribution in [0.2, 0.25) is 0 Å². The number of halogens is 1. The summed E-state index contributed by atoms with van der Waals surface area (Å²) in [6, 6.07) is 16.5. The highest BCUT2D eigenvalue weighted by atomic mass is 32.2. The van der Waals surface area contributed by atoms with Gasteiger partial charge < -0.3 is 4.42 Å². The fourth-order valence-electron chi connectivity index (χ4n) is 2.69. The smallest absolute Gasteiger partial charge is 0.293 e. The quantitative estimate of drug-likeness (QED) is 0.220. The van der Waals surface area contributed by atoms with Gasteiger partial charge >= 0.3 is 0 Å². The lowest BCUT2D eigenvalue weighted by Crippen LogP contribution is -2.10. The molecule has 0 spiro atoms. The normalized spacial score (nSPS) is 10.8. The molecule has 0 atom stereocenters. The molecule has 6 nitrogen and oxygen atoms in total. The van der Waals surface area contributed by atoms with Crippen molar-refractivity contribution >= 4 is 39.9 Å². The lowest BCUT2D eigenvalue weighted by atomic mass is 10.1. The Morgan fingerprint density at radius 3 is 2.48 bits per heavy atom. The number of nitrogens with zero attached hydrogens (tertiary/aromatic N) is 2. The third kappa shape index (κ3) is 5.25. The first kappa shape index (κ1) is 21.0. The molecule has 2 aromatic heterocycles. The highest BCUT2D eigenvalue weighted by Crippen LogP contribution is 2.29. The first-order valence-corrected chi connectivity index (χ1v) is 11.0. The van der Waals surface area contributed by atoms with Crippen molar-refractivity contribution in [1.82, 2.24) is 10.2 Å². The van der Waals surface area contributed by atoms with E-state index in [-0.39, 0.29) is 17.4 Å². The van der Waals surface area contributed by atoms with Gasteiger partial charge in [-0.1, -0.05) is 59.5 Å². The molecule has 31 heavy (non-hydrogen) atoms. The molecule has 0 aliphatic heterocycles. The van der Waals surface area contributed by atoms with Gasteiger partial charge in [-0.2, -0.15) is 0 Å². The van der Waals surface area contributed by atoms with Crippen molar-refractivity contribution in [3.63, 3.8) is 0 Å². The Labute approximate surface area is 185 Å². The van der Waals surface area contributed by atoms with Gasteiger partial charge in [0.05, 0.1) is 0 Å². The predicted octanol–water partition coefficient (Wildman–Crippen LogP) is 5.68. The van der Waals surface area contributed by atoms with Crippen LogP contribution in [0.25, 0.3) is 11.3 Å². The Kier molecular flexibility index (Phi) is 6.24. The Hall–Kier alpha value is -3.30. The van der Waals surface area contributed by atoms with E-state index >= 15 is 0 Å². The van der Waals surface area contributed by atoms with E-state index in [9.17, 15) is 14.0 Å². The van der Waals surface area contributed by atoms with E-state index in [2.05, 4.69) is 15.5 Å². The van der Waals surface area contributed by atoms with E-state index in [0.29, 0.717) is 26.5 Å². The van der Waals surface area contributed by atoms with Crippen LogP contribution in [0.15, 0.2) is 69.4 Å². The molecule has 9 heteroatoms. The molecule has 0 saturated carbocycles. The van der Waals surface area contributed by atoms with Gasteiger partial charge in [0.1, 0.15) is 11.6 Å². The van der Waals surface area contributed by atoms with Crippen LogP contribution >= 0.6 is 23.1 Å². The number of anilines is 1. The molecule has 0 aliphatic rings. The van der Waals surface area contributed by atoms with Crippen LogP contribution in [0, 0.1) is 5.82 Å². The van der Waals surface area contributed by atoms with Crippen LogP contribution < -0.4 is 5.32 Å². The van der Waals surface area contributed by atoms with Gasteiger partial charge in [-0.15, -0.1) is 10.2 Å². The number of thioether (sulfide) groups is 1. The molecular weight excluding hydrogens is 437 g/mol. The largest absolute Gasteiger partial charge is 0.451 e. The number of aromatic nitrogens is 2. The van der Waals surface area contributed by atoms with Crippen LogP contribution in [0.4, 0.5) is 9.52 Å². The summed E-state index contributed by atoms with van der Waals surface area (Å²) in [6.07, 6.45) is 0. The van der Waals surface area contributed by atoms with Gasteiger partial charge in [0.25, 0.3) is 5.91 Å². The predicted molar refractivity (Wildman–Crippen MR) is 118 cm³/mol. The number of carbonyl (C=O) groups is 2. The van der Waals surface area contributed by atoms with Crippen LogP contribution in [-0.2, 0) is 5.75 Å². The van der Waals surface area contributed by atoms with Gasteiger partial charge in [-0.05, 0) is 36.8 Å². The summed E-state index contributed by atoms with van der Waals surface area (Å²) in [6.45, 7) is 1.50. The number of rotatable bonds is 7. The van der Waals surface area contributed by atoms with Crippen molar-refractivity contribution in [2.75, 3.05) is 5.32 Å². The number of amides is 1. The van der Waals surface area contributed by atoms with Crippen molar-refractivity contribution in [3.05, 3.63) is 83.4 Å². The molecule has 2 heterocycles. The standard InChI is InChI=1S/C22H16FN3O3S2/c1-13(27)15-4-6-16(7-5-15)18-10-11-19(29-18)20(28)24-21-25-26-22(31-21)30-12-14-2-8-17(23)9-3-14/h2-11H,12H2,1H3,(H,24,25,28). The Balaban J connectivity index is 1.36. The Morgan fingerprint density at radius 1 is 1.03 bits per heavy atom. The third-order valence-corrected chi connectivity index (χ3v) is 6.35. The summed E-state index contributed by atoms with van der Waals surface area (Å²) in [5.41, 5.74) is 2.34. The number of Topliss-reactive ketones (excluding diaryl/α,β-unsaturated/α-hetero) is 1. The van der Waals surface area contributed by atoms with Crippen LogP contribution in [-0.4, -0.2) is 21.9 Å². The maximum absolute atomic E-state index is 13.0. The van der Waals surface area contributed by atoms with Crippen molar-refractivity contribution in [2.45, 2.75) is 17.0 Å². The summed E-state index contributed by atoms with van der Waals surface area (Å²) in [5.74, 6) is 0.557. The molecule has 0 fully saturated rings. The minimum Gasteiger partial charge on any atom is -0.451 e. The van der Waals surface area contributed by atoms with E-state index in [1.54, 1.807) is 48.5 Å². The van der Waals surface area contributed by atoms with Crippen molar-refractivity contribution in [1.29, 1.82) is 0 Å². The van der Waals surface area contributed by atoms with Gasteiger partial charge in [0, 0.05) is 16.9 Å². The molecule has 0 unspecified atom stereocenters. The average molecular weight is 454 g/mol. The highest BCUT2D eigenvalue weighted by molar-refractivity contribution is 8.00. The summed E-state index contributed by atoms with van der Waals surface area (Å²) in [7, 11) is 0. The fraction of sp³-hybridized carbons (Fsp3) is 0.0909. The minimum absolute atomic E-state index is 0.0154. The van der Waals surface area contributed by atoms with Gasteiger partial charge in [0.15, 0.2) is 15.9 Å². The van der Waals surface area contributed by atoms with E-state index in [1.807, 2.05) is 0 Å². The van der Waals surface area contributed by atoms with Crippen LogP contribution in [0.1, 0.15) is 33.4 Å². The SMILES string of the molecule is CC(=O)c1ccc(-c2ccc(C(=O)Nc3nnc(SCc4ccc(F)cc4)s3)o2)cc1. The molecule has 4 rings (SSSR count). The lowest BCUT2D eigenvalue weighted by molar-refractivity contribution is 0.0994. The third-order valence-electron chi connectivity index (χ3n) is 4.31. The maximum Gasteiger partial charge on any atom is 0.293 e. The van der Waals surface area contributed by atoms with Gasteiger partial charge in [-0.3, -0.25) is 14.9 Å². The van der Waals surface area contributed by atoms with Crippen molar-refractivity contribution in [2.24, 2.45) is 0 Å². The molecule has 2 aromatic carbocycles. The van der Waals surface area contributed by atoms with E-state index in [1.165, 1.54) is 42.2 Å². The zero-order chi connectivity index (χ0) is 21.8. The summed E-state index contributed by atoms with van der Waals surface area (Å²) in [4.78, 5) is 23.9. The molecule has 156 valence electrons. The molecule has 0 radical (unpaired) electrons. The second-order valence-electron chi connectivity index (χ2n) is 6.54. The summed E-state index contributed by atoms with van der Waals surface area (Å²) in [5, 5.41) is 11.1. The first-order chi connectivity index (χ1) is 15.0. The van der Waals surface area contributed by atoms with Gasteiger partial charge in [-0.25, -0.2) is 4.39 Å². The van der Waals surface area contributed by atoms with Crippen molar-refractivity contribution < 1.29 is 18.4 Å². The first-order valence-electron chi connectivity index (χ1n) is 9.21. The monoisotopic (exact) mass is 453 g/mol. The average Bonchev–Trinajstić information content (AvgIpc) is 3.43. The highest BCUT2D eigenvalue weighted by Gasteiger charge is 2.15. The Bertz CT molecular complexity index is 1220. The molecule has 0 aliphatic carbocycles. The van der Waals surface area contributed by atoms with Crippen LogP contribution in [0.5, 0.6) is 0 Å². The minimum atomic E-state index is -0.433. The van der Waals surface area contributed by atoms with E-state index in [4.69, 9.17) is 4.42 Å². The lowest BCUT2D eigenvalue weighted by Gasteiger charge is -2.00. The second kappa shape index (κ2) is 9.23. The maximum atomic E-state index is 13.0. The number of carbonyl (C=O) groups excluding carboxylic acids is 2. The second-order valence-corrected chi connectivity index (χ2v) is 8.74. The molecule has 1 N–H and O–H groups in total. The van der Waals surface area contributed by atoms with E-state index in [0.717, 1.165) is 11.1 Å². The van der Waals surface area contributed by atoms with Crippen molar-refractivity contribution in [3.8, 4) is 11.3 Å². The Morgan fingerprint density at radius 2 is 1.77 bits per heavy atom. The molecule has 1 amide bonds. The number of nitrogens with one attached hydrogen (secondary N) is 1. The summed E-state index contributed by atoms with van der Waals surface area (Å²) >= 11 is 2.70. The molecule has 4 aromatic rings. The number of furan rings is 1. The van der Waals surface area contributed by atoms with Crippen LogP contribution in [0.3, 0.4) is 0 Å².